The highest BCUT2D eigenvalue weighted by molar-refractivity contribution is 8.06. The summed E-state index contributed by atoms with van der Waals surface area (Å²) in [7, 11) is -15.5. The Kier molecular flexibility index (Phi) is 6.94. The predicted octanol–water partition coefficient (Wildman–Crippen LogP) is 9.47. The number of nitrogens with zero attached hydrogens (tertiary/aromatic N) is 2. The highest BCUT2D eigenvalue weighted by Crippen LogP contribution is 2.65. The van der Waals surface area contributed by atoms with Gasteiger partial charge in [0, 0.05) is 11.1 Å². The van der Waals surface area contributed by atoms with Crippen molar-refractivity contribution in [2.45, 2.75) is 9.79 Å². The normalized spacial score (nSPS) is 14.5. The monoisotopic (exact) mass is 726 g/mol. The maximum absolute atomic E-state index is 15.5. The van der Waals surface area contributed by atoms with Crippen LogP contribution in [0.5, 0.6) is 0 Å². The fourth-order valence-electron chi connectivity index (χ4n) is 7.11. The number of anilines is 2. The van der Waals surface area contributed by atoms with E-state index in [2.05, 4.69) is 0 Å². The molecule has 250 valence electrons. The lowest BCUT2D eigenvalue weighted by Gasteiger charge is -2.34. The van der Waals surface area contributed by atoms with Gasteiger partial charge >= 0.3 is 7.67 Å². The maximum atomic E-state index is 15.5. The van der Waals surface area contributed by atoms with Crippen LogP contribution in [0.3, 0.4) is 0 Å². The Morgan fingerprint density at radius 2 is 0.745 bits per heavy atom. The van der Waals surface area contributed by atoms with Crippen LogP contribution in [0.25, 0.3) is 54.2 Å². The molecule has 1 aliphatic heterocycles. The Balaban J connectivity index is 1.43. The zero-order chi connectivity index (χ0) is 35.1. The van der Waals surface area contributed by atoms with Gasteiger partial charge in [-0.15, -0.1) is 0 Å². The molecule has 0 bridgehead atoms. The van der Waals surface area contributed by atoms with Gasteiger partial charge in [0.25, 0.3) is 20.0 Å². The number of hydrogen-bond donors (Lipinski definition) is 1. The molecule has 51 heavy (non-hydrogen) atoms. The van der Waals surface area contributed by atoms with Gasteiger partial charge in [-0.2, -0.15) is 8.15 Å². The summed E-state index contributed by atoms with van der Waals surface area (Å²) in [6.45, 7) is 0. The smallest absolute Gasteiger partial charge is 0.312 e. The van der Waals surface area contributed by atoms with Crippen molar-refractivity contribution in [1.82, 2.24) is 0 Å². The van der Waals surface area contributed by atoms with Crippen molar-refractivity contribution in [1.29, 1.82) is 0 Å². The Bertz CT molecular complexity index is 2840. The van der Waals surface area contributed by atoms with E-state index in [-0.39, 0.29) is 21.2 Å². The third kappa shape index (κ3) is 4.72. The summed E-state index contributed by atoms with van der Waals surface area (Å²) in [4.78, 5) is 12.0. The van der Waals surface area contributed by atoms with Crippen LogP contribution in [0, 0.1) is 0 Å². The van der Waals surface area contributed by atoms with Gasteiger partial charge in [0.05, 0.1) is 21.2 Å². The van der Waals surface area contributed by atoms with Crippen molar-refractivity contribution in [3.05, 3.63) is 158 Å². The van der Waals surface area contributed by atoms with Crippen LogP contribution in [-0.4, -0.2) is 21.7 Å². The summed E-state index contributed by atoms with van der Waals surface area (Å²) < 4.78 is 76.7. The topological polar surface area (TPSA) is 112 Å². The van der Waals surface area contributed by atoms with Gasteiger partial charge in [-0.05, 0) is 79.5 Å². The van der Waals surface area contributed by atoms with Crippen LogP contribution < -0.4 is 8.15 Å². The van der Waals surface area contributed by atoms with Gasteiger partial charge < -0.3 is 4.89 Å². The summed E-state index contributed by atoms with van der Waals surface area (Å²) in [6.07, 6.45) is 0. The predicted molar refractivity (Wildman–Crippen MR) is 204 cm³/mol. The van der Waals surface area contributed by atoms with Gasteiger partial charge in [0.2, 0.25) is 0 Å². The molecule has 0 amide bonds. The van der Waals surface area contributed by atoms with Crippen LogP contribution in [0.4, 0.5) is 11.4 Å². The molecule has 1 aliphatic rings. The van der Waals surface area contributed by atoms with E-state index in [1.54, 1.807) is 72.8 Å². The van der Waals surface area contributed by atoms with Crippen molar-refractivity contribution in [3.8, 4) is 11.1 Å². The summed E-state index contributed by atoms with van der Waals surface area (Å²) >= 11 is 0. The molecule has 0 saturated heterocycles. The molecule has 1 N–H and O–H groups in total. The summed E-state index contributed by atoms with van der Waals surface area (Å²) in [5, 5.41) is 5.35. The van der Waals surface area contributed by atoms with Crippen molar-refractivity contribution in [3.63, 3.8) is 0 Å². The van der Waals surface area contributed by atoms with Crippen LogP contribution in [-0.2, 0) is 24.6 Å². The van der Waals surface area contributed by atoms with Crippen molar-refractivity contribution in [2.75, 3.05) is 8.15 Å². The summed E-state index contributed by atoms with van der Waals surface area (Å²) in [6, 6.07) is 44.1. The second-order valence-electron chi connectivity index (χ2n) is 12.4. The Labute approximate surface area is 294 Å². The van der Waals surface area contributed by atoms with E-state index >= 15 is 21.4 Å². The molecule has 0 aliphatic carbocycles. The van der Waals surface area contributed by atoms with E-state index in [9.17, 15) is 4.89 Å². The fraction of sp³-hybridized carbons (Fsp3) is 0. The van der Waals surface area contributed by atoms with Crippen molar-refractivity contribution in [2.24, 2.45) is 0 Å². The van der Waals surface area contributed by atoms with Gasteiger partial charge in [-0.1, -0.05) is 121 Å². The third-order valence-corrected chi connectivity index (χ3v) is 16.4. The summed E-state index contributed by atoms with van der Waals surface area (Å²) in [5.74, 6) is 0. The molecule has 0 atom stereocenters. The number of benzene rings is 8. The third-order valence-electron chi connectivity index (χ3n) is 9.44. The first kappa shape index (κ1) is 31.5. The minimum absolute atomic E-state index is 0.124. The van der Waals surface area contributed by atoms with Crippen molar-refractivity contribution >= 4 is 82.2 Å². The first-order valence-corrected chi connectivity index (χ1v) is 20.5. The van der Waals surface area contributed by atoms with E-state index in [1.165, 1.54) is 36.4 Å². The van der Waals surface area contributed by atoms with Gasteiger partial charge in [0.1, 0.15) is 0 Å². The highest BCUT2D eigenvalue weighted by atomic mass is 32.2. The number of fused-ring (bicyclic) bond motifs is 9. The minimum atomic E-state index is -5.67. The maximum Gasteiger partial charge on any atom is 0.422 e. The molecule has 0 fully saturated rings. The lowest BCUT2D eigenvalue weighted by molar-refractivity contribution is 0.479. The molecule has 8 aromatic rings. The fourth-order valence-corrected chi connectivity index (χ4v) is 13.8. The van der Waals surface area contributed by atoms with Crippen LogP contribution in [0.2, 0.25) is 0 Å². The first-order valence-electron chi connectivity index (χ1n) is 16.0. The molecule has 0 spiro atoms. The second kappa shape index (κ2) is 11.2. The molecule has 9 rings (SSSR count). The Morgan fingerprint density at radius 3 is 1.16 bits per heavy atom. The minimum Gasteiger partial charge on any atom is -0.312 e. The van der Waals surface area contributed by atoms with E-state index in [1.807, 2.05) is 48.5 Å². The lowest BCUT2D eigenvalue weighted by atomic mass is 9.91. The van der Waals surface area contributed by atoms with E-state index in [0.717, 1.165) is 21.5 Å². The average molecular weight is 727 g/mol. The molecule has 0 saturated carbocycles. The highest BCUT2D eigenvalue weighted by Gasteiger charge is 2.53. The lowest BCUT2D eigenvalue weighted by Crippen LogP contribution is -2.38. The zero-order valence-corrected chi connectivity index (χ0v) is 29.2. The van der Waals surface area contributed by atoms with Gasteiger partial charge in [0.15, 0.2) is 0 Å². The molecule has 11 heteroatoms. The van der Waals surface area contributed by atoms with E-state index in [0.29, 0.717) is 40.8 Å². The Morgan fingerprint density at radius 1 is 0.412 bits per heavy atom. The molecule has 0 aromatic heterocycles. The largest absolute Gasteiger partial charge is 0.422 e. The first-order chi connectivity index (χ1) is 24.6. The standard InChI is InChI=1S/C40H27N2O6PS2/c43-49(44)41(50(45,46)33-21-17-27-9-1-3-13-31(27)25-33)37-23-19-29-11-5-7-15-35(29)39(37)40-36-16-8-6-12-30(36)20-24-38(40)42(49)51(47,48)34-22-18-28-10-2-4-14-32(28)26-34/h1-26H,(H,43,44). The second-order valence-corrected chi connectivity index (χ2v) is 18.3. The molecular formula is C40H27N2O6PS2. The summed E-state index contributed by atoms with van der Waals surface area (Å²) in [5.41, 5.74) is 0.382. The van der Waals surface area contributed by atoms with Gasteiger partial charge in [-0.3, -0.25) is 0 Å². The average Bonchev–Trinajstić information content (AvgIpc) is 3.24. The molecule has 0 radical (unpaired) electrons. The molecule has 0 unspecified atom stereocenters. The zero-order valence-electron chi connectivity index (χ0n) is 26.7. The van der Waals surface area contributed by atoms with E-state index < -0.39 is 27.7 Å². The quantitative estimate of drug-likeness (QED) is 0.181. The molecule has 8 nitrogen and oxygen atoms in total. The number of rotatable bonds is 4. The van der Waals surface area contributed by atoms with Crippen LogP contribution in [0.1, 0.15) is 0 Å². The van der Waals surface area contributed by atoms with Crippen LogP contribution in [0.15, 0.2) is 168 Å². The van der Waals surface area contributed by atoms with Crippen molar-refractivity contribution < 1.29 is 26.3 Å². The van der Waals surface area contributed by atoms with E-state index in [4.69, 9.17) is 0 Å². The molecule has 1 heterocycles. The SMILES string of the molecule is O=P1(O)N(S(=O)(=O)c2ccc3ccccc3c2)c2ccc3ccccc3c2-c2c(ccc3ccccc23)N1S(=O)(=O)c1ccc2ccccc2c1. The Hall–Kier alpha value is -5.51. The number of hydrogen-bond acceptors (Lipinski definition) is 5. The molecule has 8 aromatic carbocycles. The van der Waals surface area contributed by atoms with Gasteiger partial charge in [-0.25, -0.2) is 21.4 Å². The molecular weight excluding hydrogens is 700 g/mol. The van der Waals surface area contributed by atoms with Crippen LogP contribution >= 0.6 is 7.67 Å². The number of sulfonamides is 2.